The summed E-state index contributed by atoms with van der Waals surface area (Å²) in [6.07, 6.45) is 2.09. The van der Waals surface area contributed by atoms with E-state index in [1.54, 1.807) is 24.3 Å². The van der Waals surface area contributed by atoms with Gasteiger partial charge < -0.3 is 14.8 Å². The van der Waals surface area contributed by atoms with Crippen LogP contribution in [0.3, 0.4) is 0 Å². The largest absolute Gasteiger partial charge is 0.491 e. The topological polar surface area (TPSA) is 47.6 Å². The second-order valence-corrected chi connectivity index (χ2v) is 5.56. The van der Waals surface area contributed by atoms with Gasteiger partial charge in [-0.15, -0.1) is 0 Å². The number of ether oxygens (including phenoxy) is 2. The fourth-order valence-electron chi connectivity index (χ4n) is 2.47. The monoisotopic (exact) mass is 333 g/mol. The third-order valence-electron chi connectivity index (χ3n) is 3.73. The average Bonchev–Trinajstić information content (AvgIpc) is 3.10. The van der Waals surface area contributed by atoms with Crippen molar-refractivity contribution in [1.29, 1.82) is 0 Å². The first-order valence-corrected chi connectivity index (χ1v) is 7.73. The van der Waals surface area contributed by atoms with Gasteiger partial charge in [0.25, 0.3) is 5.91 Å². The Morgan fingerprint density at radius 3 is 2.83 bits per heavy atom. The summed E-state index contributed by atoms with van der Waals surface area (Å²) in [5.74, 6) is -1.84. The molecule has 126 valence electrons. The molecule has 6 heteroatoms. The minimum atomic E-state index is -1.01. The summed E-state index contributed by atoms with van der Waals surface area (Å²) in [6.45, 7) is 1.19. The van der Waals surface area contributed by atoms with Gasteiger partial charge in [-0.25, -0.2) is 8.78 Å². The first kappa shape index (κ1) is 16.4. The number of carbonyl (C=O) groups excluding carboxylic acids is 1. The van der Waals surface area contributed by atoms with E-state index in [9.17, 15) is 13.6 Å². The van der Waals surface area contributed by atoms with Crippen LogP contribution in [0.1, 0.15) is 23.2 Å². The van der Waals surface area contributed by atoms with Crippen molar-refractivity contribution in [3.63, 3.8) is 0 Å². The third-order valence-corrected chi connectivity index (χ3v) is 3.73. The van der Waals surface area contributed by atoms with Crippen molar-refractivity contribution in [3.8, 4) is 5.75 Å². The van der Waals surface area contributed by atoms with Crippen molar-refractivity contribution in [2.45, 2.75) is 18.9 Å². The van der Waals surface area contributed by atoms with Crippen molar-refractivity contribution in [2.24, 2.45) is 0 Å². The minimum Gasteiger partial charge on any atom is -0.491 e. The normalized spacial score (nSPS) is 16.8. The third kappa shape index (κ3) is 4.08. The van der Waals surface area contributed by atoms with E-state index in [4.69, 9.17) is 9.47 Å². The Balaban J connectivity index is 1.63. The predicted octanol–water partition coefficient (Wildman–Crippen LogP) is 3.77. The lowest BCUT2D eigenvalue weighted by Gasteiger charge is -2.12. The van der Waals surface area contributed by atoms with Crippen LogP contribution in [0.4, 0.5) is 14.5 Å². The van der Waals surface area contributed by atoms with E-state index in [1.807, 2.05) is 0 Å². The standard InChI is InChI=1S/C18H17F2NO3/c19-16-7-6-13(10-17(16)20)21-18(22)12-3-1-4-14(9-12)24-11-15-5-2-8-23-15/h1,3-4,6-7,9-10,15H,2,5,8,11H2,(H,21,22). The number of anilines is 1. The lowest BCUT2D eigenvalue weighted by molar-refractivity contribution is 0.0679. The van der Waals surface area contributed by atoms with Gasteiger partial charge in [0.1, 0.15) is 12.4 Å². The van der Waals surface area contributed by atoms with Gasteiger partial charge in [0.05, 0.1) is 6.10 Å². The van der Waals surface area contributed by atoms with E-state index < -0.39 is 17.5 Å². The summed E-state index contributed by atoms with van der Waals surface area (Å²) in [6, 6.07) is 9.87. The second-order valence-electron chi connectivity index (χ2n) is 5.56. The van der Waals surface area contributed by atoms with E-state index in [0.717, 1.165) is 31.6 Å². The van der Waals surface area contributed by atoms with E-state index in [2.05, 4.69) is 5.32 Å². The Bertz CT molecular complexity index is 730. The van der Waals surface area contributed by atoms with Gasteiger partial charge in [0, 0.05) is 23.9 Å². The zero-order valence-electron chi connectivity index (χ0n) is 12.9. The van der Waals surface area contributed by atoms with Crippen LogP contribution in [0.25, 0.3) is 0 Å². The quantitative estimate of drug-likeness (QED) is 0.906. The van der Waals surface area contributed by atoms with Gasteiger partial charge in [0.15, 0.2) is 11.6 Å². The maximum atomic E-state index is 13.2. The molecule has 0 saturated carbocycles. The number of amides is 1. The molecule has 1 unspecified atom stereocenters. The van der Waals surface area contributed by atoms with E-state index >= 15 is 0 Å². The molecule has 1 N–H and O–H groups in total. The van der Waals surface area contributed by atoms with Gasteiger partial charge in [-0.2, -0.15) is 0 Å². The molecule has 2 aromatic rings. The zero-order valence-corrected chi connectivity index (χ0v) is 12.9. The van der Waals surface area contributed by atoms with Crippen LogP contribution in [0.5, 0.6) is 5.75 Å². The molecule has 1 atom stereocenters. The number of hydrogen-bond acceptors (Lipinski definition) is 3. The predicted molar refractivity (Wildman–Crippen MR) is 85.2 cm³/mol. The molecule has 0 bridgehead atoms. The Morgan fingerprint density at radius 2 is 2.08 bits per heavy atom. The molecule has 2 aromatic carbocycles. The molecule has 4 nitrogen and oxygen atoms in total. The fourth-order valence-corrected chi connectivity index (χ4v) is 2.47. The van der Waals surface area contributed by atoms with Crippen LogP contribution in [-0.4, -0.2) is 25.2 Å². The number of hydrogen-bond donors (Lipinski definition) is 1. The second kappa shape index (κ2) is 7.40. The Hall–Kier alpha value is -2.47. The van der Waals surface area contributed by atoms with Gasteiger partial charge in [-0.05, 0) is 43.2 Å². The highest BCUT2D eigenvalue weighted by Crippen LogP contribution is 2.19. The number of nitrogens with one attached hydrogen (secondary N) is 1. The summed E-state index contributed by atoms with van der Waals surface area (Å²) in [5.41, 5.74) is 0.550. The SMILES string of the molecule is O=C(Nc1ccc(F)c(F)c1)c1cccc(OCC2CCCO2)c1. The van der Waals surface area contributed by atoms with Gasteiger partial charge in [-0.3, -0.25) is 4.79 Å². The maximum absolute atomic E-state index is 13.2. The van der Waals surface area contributed by atoms with E-state index in [0.29, 0.717) is 17.9 Å². The van der Waals surface area contributed by atoms with Crippen molar-refractivity contribution >= 4 is 11.6 Å². The summed E-state index contributed by atoms with van der Waals surface area (Å²) in [4.78, 5) is 12.2. The molecule has 3 rings (SSSR count). The highest BCUT2D eigenvalue weighted by molar-refractivity contribution is 6.04. The molecule has 0 spiro atoms. The van der Waals surface area contributed by atoms with Crippen LogP contribution in [0, 0.1) is 11.6 Å². The molecule has 0 aromatic heterocycles. The van der Waals surface area contributed by atoms with E-state index in [-0.39, 0.29) is 11.8 Å². The van der Waals surface area contributed by atoms with Crippen molar-refractivity contribution in [2.75, 3.05) is 18.5 Å². The highest BCUT2D eigenvalue weighted by Gasteiger charge is 2.16. The molecule has 0 radical (unpaired) electrons. The first-order chi connectivity index (χ1) is 11.6. The lowest BCUT2D eigenvalue weighted by Crippen LogP contribution is -2.17. The lowest BCUT2D eigenvalue weighted by atomic mass is 10.2. The molecular weight excluding hydrogens is 316 g/mol. The number of benzene rings is 2. The van der Waals surface area contributed by atoms with Crippen LogP contribution < -0.4 is 10.1 Å². The summed E-state index contributed by atoms with van der Waals surface area (Å²) < 4.78 is 37.2. The fraction of sp³-hybridized carbons (Fsp3) is 0.278. The number of halogens is 2. The van der Waals surface area contributed by atoms with Crippen LogP contribution in [0.15, 0.2) is 42.5 Å². The van der Waals surface area contributed by atoms with Gasteiger partial charge >= 0.3 is 0 Å². The Morgan fingerprint density at radius 1 is 1.21 bits per heavy atom. The van der Waals surface area contributed by atoms with Gasteiger partial charge in [0.2, 0.25) is 0 Å². The van der Waals surface area contributed by atoms with Crippen LogP contribution in [0.2, 0.25) is 0 Å². The first-order valence-electron chi connectivity index (χ1n) is 7.73. The Kier molecular flexibility index (Phi) is 5.05. The summed E-state index contributed by atoms with van der Waals surface area (Å²) >= 11 is 0. The van der Waals surface area contributed by atoms with E-state index in [1.165, 1.54) is 6.07 Å². The number of carbonyl (C=O) groups is 1. The van der Waals surface area contributed by atoms with Crippen molar-refractivity contribution in [3.05, 3.63) is 59.7 Å². The summed E-state index contributed by atoms with van der Waals surface area (Å²) in [7, 11) is 0. The smallest absolute Gasteiger partial charge is 0.255 e. The number of rotatable bonds is 5. The molecule has 0 aliphatic carbocycles. The molecule has 1 fully saturated rings. The molecule has 1 aliphatic heterocycles. The van der Waals surface area contributed by atoms with Crippen LogP contribution in [-0.2, 0) is 4.74 Å². The maximum Gasteiger partial charge on any atom is 0.255 e. The van der Waals surface area contributed by atoms with Crippen molar-refractivity contribution < 1.29 is 23.0 Å². The average molecular weight is 333 g/mol. The van der Waals surface area contributed by atoms with Crippen molar-refractivity contribution in [1.82, 2.24) is 0 Å². The molecule has 1 saturated heterocycles. The summed E-state index contributed by atoms with van der Waals surface area (Å²) in [5, 5.41) is 2.52. The highest BCUT2D eigenvalue weighted by atomic mass is 19.2. The van der Waals surface area contributed by atoms with Crippen LogP contribution >= 0.6 is 0 Å². The molecule has 24 heavy (non-hydrogen) atoms. The zero-order chi connectivity index (χ0) is 16.9. The Labute approximate surface area is 138 Å². The molecule has 1 heterocycles. The molecule has 1 aliphatic rings. The molecular formula is C18H17F2NO3. The minimum absolute atomic E-state index is 0.0877. The van der Waals surface area contributed by atoms with Gasteiger partial charge in [-0.1, -0.05) is 6.07 Å². The molecule has 1 amide bonds.